The standard InChI is InChI=1S/C24H21N3O7/c28-19(26-24(32)25-13-16-7-4-12-33-16)14-34-20(29)10-3-11-27-22(30)17-8-1-5-15-6-2-9-18(21(15)17)23(27)31/h1-2,4-9,12H,3,10-11,13-14H2,(H2,25,26,28,32). The van der Waals surface area contributed by atoms with Gasteiger partial charge in [0.25, 0.3) is 17.7 Å². The summed E-state index contributed by atoms with van der Waals surface area (Å²) in [5, 5.41) is 5.90. The number of esters is 1. The Balaban J connectivity index is 1.21. The number of amides is 5. The number of nitrogens with zero attached hydrogens (tertiary/aromatic N) is 1. The highest BCUT2D eigenvalue weighted by Gasteiger charge is 2.32. The molecule has 0 atom stereocenters. The SMILES string of the molecule is O=C(COC(=O)CCCN1C(=O)c2cccc3cccc(c23)C1=O)NC(=O)NCc1ccco1. The average Bonchev–Trinajstić information content (AvgIpc) is 3.36. The number of imide groups is 2. The van der Waals surface area contributed by atoms with Crippen LogP contribution < -0.4 is 10.6 Å². The number of hydrogen-bond donors (Lipinski definition) is 2. The first kappa shape index (κ1) is 22.7. The molecule has 1 aliphatic rings. The number of carbonyl (C=O) groups excluding carboxylic acids is 5. The zero-order chi connectivity index (χ0) is 24.1. The van der Waals surface area contributed by atoms with Crippen LogP contribution >= 0.6 is 0 Å². The van der Waals surface area contributed by atoms with E-state index in [1.54, 1.807) is 36.4 Å². The van der Waals surface area contributed by atoms with E-state index in [0.29, 0.717) is 22.3 Å². The van der Waals surface area contributed by atoms with Crippen LogP contribution in [0.1, 0.15) is 39.3 Å². The molecule has 2 N–H and O–H groups in total. The number of hydrogen-bond acceptors (Lipinski definition) is 7. The fourth-order valence-corrected chi connectivity index (χ4v) is 3.67. The van der Waals surface area contributed by atoms with E-state index in [9.17, 15) is 24.0 Å². The summed E-state index contributed by atoms with van der Waals surface area (Å²) in [4.78, 5) is 62.2. The van der Waals surface area contributed by atoms with E-state index in [1.165, 1.54) is 6.26 Å². The van der Waals surface area contributed by atoms with Crippen LogP contribution in [0.25, 0.3) is 10.8 Å². The molecule has 174 valence electrons. The smallest absolute Gasteiger partial charge is 0.321 e. The summed E-state index contributed by atoms with van der Waals surface area (Å²) in [5.41, 5.74) is 0.884. The van der Waals surface area contributed by atoms with Crippen LogP contribution in [0.15, 0.2) is 59.2 Å². The van der Waals surface area contributed by atoms with Crippen LogP contribution in [0.5, 0.6) is 0 Å². The fraction of sp³-hybridized carbons (Fsp3) is 0.208. The van der Waals surface area contributed by atoms with E-state index < -0.39 is 36.3 Å². The van der Waals surface area contributed by atoms with Gasteiger partial charge in [-0.25, -0.2) is 4.79 Å². The first-order chi connectivity index (χ1) is 16.4. The molecule has 10 heteroatoms. The molecule has 0 spiro atoms. The monoisotopic (exact) mass is 463 g/mol. The lowest BCUT2D eigenvalue weighted by Gasteiger charge is -2.27. The van der Waals surface area contributed by atoms with Crippen molar-refractivity contribution in [3.05, 3.63) is 71.7 Å². The van der Waals surface area contributed by atoms with Crippen LogP contribution in [0.3, 0.4) is 0 Å². The molecule has 0 aliphatic carbocycles. The van der Waals surface area contributed by atoms with Gasteiger partial charge in [0.15, 0.2) is 6.61 Å². The number of furan rings is 1. The average molecular weight is 463 g/mol. The molecule has 1 aromatic heterocycles. The zero-order valence-electron chi connectivity index (χ0n) is 18.0. The van der Waals surface area contributed by atoms with Crippen LogP contribution in [0.2, 0.25) is 0 Å². The number of benzene rings is 2. The highest BCUT2D eigenvalue weighted by atomic mass is 16.5. The Hall–Kier alpha value is -4.47. The number of ether oxygens (including phenoxy) is 1. The predicted octanol–water partition coefficient (Wildman–Crippen LogP) is 2.38. The first-order valence-corrected chi connectivity index (χ1v) is 10.6. The van der Waals surface area contributed by atoms with Gasteiger partial charge in [-0.15, -0.1) is 0 Å². The van der Waals surface area contributed by atoms with E-state index in [4.69, 9.17) is 9.15 Å². The van der Waals surface area contributed by atoms with Gasteiger partial charge in [0.2, 0.25) is 0 Å². The van der Waals surface area contributed by atoms with Gasteiger partial charge in [-0.05, 0) is 36.1 Å². The van der Waals surface area contributed by atoms with Gasteiger partial charge >= 0.3 is 12.0 Å². The lowest BCUT2D eigenvalue weighted by molar-refractivity contribution is -0.148. The maximum absolute atomic E-state index is 12.8. The summed E-state index contributed by atoms with van der Waals surface area (Å²) in [6.07, 6.45) is 1.51. The third-order valence-corrected chi connectivity index (χ3v) is 5.24. The third-order valence-electron chi connectivity index (χ3n) is 5.24. The minimum Gasteiger partial charge on any atom is -0.467 e. The van der Waals surface area contributed by atoms with Crippen molar-refractivity contribution in [3.8, 4) is 0 Å². The summed E-state index contributed by atoms with van der Waals surface area (Å²) >= 11 is 0. The Labute approximate surface area is 193 Å². The summed E-state index contributed by atoms with van der Waals surface area (Å²) in [6, 6.07) is 13.1. The van der Waals surface area contributed by atoms with Gasteiger partial charge in [0, 0.05) is 29.5 Å². The number of rotatable bonds is 8. The molecule has 2 aromatic carbocycles. The molecule has 0 saturated heterocycles. The van der Waals surface area contributed by atoms with Crippen molar-refractivity contribution in [2.24, 2.45) is 0 Å². The lowest BCUT2D eigenvalue weighted by Crippen LogP contribution is -2.41. The molecule has 1 aliphatic heterocycles. The molecule has 0 saturated carbocycles. The largest absolute Gasteiger partial charge is 0.467 e. The van der Waals surface area contributed by atoms with E-state index in [0.717, 1.165) is 10.3 Å². The number of carbonyl (C=O) groups is 5. The molecule has 4 rings (SSSR count). The Morgan fingerprint density at radius 2 is 1.65 bits per heavy atom. The van der Waals surface area contributed by atoms with Crippen LogP contribution in [0.4, 0.5) is 4.79 Å². The van der Waals surface area contributed by atoms with Gasteiger partial charge in [-0.1, -0.05) is 24.3 Å². The quantitative estimate of drug-likeness (QED) is 0.387. The third kappa shape index (κ3) is 4.96. The molecule has 5 amide bonds. The lowest BCUT2D eigenvalue weighted by atomic mass is 9.94. The van der Waals surface area contributed by atoms with Crippen molar-refractivity contribution in [1.29, 1.82) is 0 Å². The molecular weight excluding hydrogens is 442 g/mol. The normalized spacial score (nSPS) is 12.5. The summed E-state index contributed by atoms with van der Waals surface area (Å²) in [6.45, 7) is -0.512. The second-order valence-corrected chi connectivity index (χ2v) is 7.55. The van der Waals surface area contributed by atoms with Crippen LogP contribution in [-0.4, -0.2) is 47.8 Å². The van der Waals surface area contributed by atoms with E-state index >= 15 is 0 Å². The highest BCUT2D eigenvalue weighted by molar-refractivity contribution is 6.25. The second-order valence-electron chi connectivity index (χ2n) is 7.55. The maximum Gasteiger partial charge on any atom is 0.321 e. The number of nitrogens with one attached hydrogen (secondary N) is 2. The van der Waals surface area contributed by atoms with E-state index in [1.807, 2.05) is 17.4 Å². The predicted molar refractivity (Wildman–Crippen MR) is 119 cm³/mol. The van der Waals surface area contributed by atoms with E-state index in [-0.39, 0.29) is 25.9 Å². The minimum absolute atomic E-state index is 0.0267. The van der Waals surface area contributed by atoms with Crippen molar-refractivity contribution in [1.82, 2.24) is 15.5 Å². The molecule has 10 nitrogen and oxygen atoms in total. The summed E-state index contributed by atoms with van der Waals surface area (Å²) < 4.78 is 9.91. The van der Waals surface area contributed by atoms with Crippen LogP contribution in [-0.2, 0) is 20.9 Å². The molecule has 3 aromatic rings. The van der Waals surface area contributed by atoms with Crippen molar-refractivity contribution in [3.63, 3.8) is 0 Å². The molecule has 0 fully saturated rings. The fourth-order valence-electron chi connectivity index (χ4n) is 3.67. The Bertz CT molecular complexity index is 1220. The zero-order valence-corrected chi connectivity index (χ0v) is 18.0. The Morgan fingerprint density at radius 3 is 2.29 bits per heavy atom. The van der Waals surface area contributed by atoms with Gasteiger partial charge in [-0.3, -0.25) is 29.4 Å². The molecule has 0 radical (unpaired) electrons. The molecule has 0 unspecified atom stereocenters. The topological polar surface area (TPSA) is 135 Å². The van der Waals surface area contributed by atoms with Gasteiger partial charge < -0.3 is 14.5 Å². The van der Waals surface area contributed by atoms with Gasteiger partial charge in [0.1, 0.15) is 5.76 Å². The minimum atomic E-state index is -0.795. The summed E-state index contributed by atoms with van der Waals surface area (Å²) in [5.74, 6) is -1.80. The Morgan fingerprint density at radius 1 is 0.941 bits per heavy atom. The molecule has 2 heterocycles. The molecule has 34 heavy (non-hydrogen) atoms. The highest BCUT2D eigenvalue weighted by Crippen LogP contribution is 2.30. The second kappa shape index (κ2) is 9.99. The van der Waals surface area contributed by atoms with E-state index in [2.05, 4.69) is 5.32 Å². The maximum atomic E-state index is 12.8. The van der Waals surface area contributed by atoms with Crippen molar-refractivity contribution < 1.29 is 33.1 Å². The van der Waals surface area contributed by atoms with Gasteiger partial charge in [-0.2, -0.15) is 0 Å². The summed E-state index contributed by atoms with van der Waals surface area (Å²) in [7, 11) is 0. The van der Waals surface area contributed by atoms with Crippen molar-refractivity contribution in [2.75, 3.05) is 13.2 Å². The first-order valence-electron chi connectivity index (χ1n) is 10.6. The molecular formula is C24H21N3O7. The Kier molecular flexibility index (Phi) is 6.67. The van der Waals surface area contributed by atoms with Crippen molar-refractivity contribution in [2.45, 2.75) is 19.4 Å². The van der Waals surface area contributed by atoms with Crippen molar-refractivity contribution >= 4 is 40.5 Å². The van der Waals surface area contributed by atoms with Gasteiger partial charge in [0.05, 0.1) is 12.8 Å². The molecule has 0 bridgehead atoms. The van der Waals surface area contributed by atoms with Crippen LogP contribution in [0, 0.1) is 0 Å². The number of urea groups is 1.